The number of carbonyl (C=O) groups excluding carboxylic acids is 1. The number of likely N-dealkylation sites (tertiary alicyclic amines) is 1. The summed E-state index contributed by atoms with van der Waals surface area (Å²) in [6, 6.07) is 5.46. The summed E-state index contributed by atoms with van der Waals surface area (Å²) in [5, 5.41) is 8.78. The summed E-state index contributed by atoms with van der Waals surface area (Å²) in [7, 11) is 0. The molecular formula is C16H20FNO4. The van der Waals surface area contributed by atoms with E-state index < -0.39 is 5.97 Å². The lowest BCUT2D eigenvalue weighted by atomic mass is 9.98. The smallest absolute Gasteiger partial charge is 0.303 e. The van der Waals surface area contributed by atoms with Crippen LogP contribution in [0.1, 0.15) is 32.1 Å². The number of carboxylic acids is 1. The van der Waals surface area contributed by atoms with Crippen molar-refractivity contribution in [2.45, 2.75) is 38.1 Å². The van der Waals surface area contributed by atoms with Gasteiger partial charge in [0, 0.05) is 19.0 Å². The van der Waals surface area contributed by atoms with Gasteiger partial charge in [-0.1, -0.05) is 0 Å². The SMILES string of the molecule is O=C(O)CC[C@@H]1CCCCN1C(=O)COc1ccc(F)cc1. The molecule has 1 aliphatic rings. The molecule has 22 heavy (non-hydrogen) atoms. The van der Waals surface area contributed by atoms with E-state index in [1.54, 1.807) is 4.90 Å². The molecule has 6 heteroatoms. The van der Waals surface area contributed by atoms with Crippen LogP contribution in [-0.2, 0) is 9.59 Å². The Morgan fingerprint density at radius 1 is 1.27 bits per heavy atom. The molecule has 1 aromatic rings. The predicted octanol–water partition coefficient (Wildman–Crippen LogP) is 2.45. The highest BCUT2D eigenvalue weighted by molar-refractivity contribution is 5.78. The number of benzene rings is 1. The average molecular weight is 309 g/mol. The van der Waals surface area contributed by atoms with Crippen molar-refractivity contribution in [2.75, 3.05) is 13.2 Å². The first kappa shape index (κ1) is 16.3. The van der Waals surface area contributed by atoms with Crippen LogP contribution in [0.5, 0.6) is 5.75 Å². The number of piperidine rings is 1. The molecule has 1 N–H and O–H groups in total. The molecule has 1 amide bonds. The van der Waals surface area contributed by atoms with Crippen molar-refractivity contribution in [1.82, 2.24) is 4.90 Å². The molecule has 0 radical (unpaired) electrons. The number of nitrogens with zero attached hydrogens (tertiary/aromatic N) is 1. The van der Waals surface area contributed by atoms with Gasteiger partial charge in [0.1, 0.15) is 11.6 Å². The first-order valence-electron chi connectivity index (χ1n) is 7.46. The van der Waals surface area contributed by atoms with Crippen LogP contribution in [0, 0.1) is 5.82 Å². The number of rotatable bonds is 6. The molecule has 0 unspecified atom stereocenters. The van der Waals surface area contributed by atoms with Crippen molar-refractivity contribution in [1.29, 1.82) is 0 Å². The second-order valence-electron chi connectivity index (χ2n) is 5.41. The molecule has 1 fully saturated rings. The number of hydrogen-bond donors (Lipinski definition) is 1. The Labute approximate surface area is 128 Å². The number of ether oxygens (including phenoxy) is 1. The average Bonchev–Trinajstić information content (AvgIpc) is 2.52. The van der Waals surface area contributed by atoms with Crippen LogP contribution in [0.4, 0.5) is 4.39 Å². The van der Waals surface area contributed by atoms with Crippen molar-refractivity contribution in [3.8, 4) is 5.75 Å². The van der Waals surface area contributed by atoms with Crippen LogP contribution in [-0.4, -0.2) is 41.1 Å². The highest BCUT2D eigenvalue weighted by atomic mass is 19.1. The summed E-state index contributed by atoms with van der Waals surface area (Å²) in [6.07, 6.45) is 3.29. The van der Waals surface area contributed by atoms with Gasteiger partial charge in [-0.05, 0) is 49.9 Å². The summed E-state index contributed by atoms with van der Waals surface area (Å²) >= 11 is 0. The molecule has 120 valence electrons. The molecule has 0 spiro atoms. The normalized spacial score (nSPS) is 18.0. The van der Waals surface area contributed by atoms with Crippen LogP contribution in [0.2, 0.25) is 0 Å². The van der Waals surface area contributed by atoms with Crippen molar-refractivity contribution in [3.05, 3.63) is 30.1 Å². The van der Waals surface area contributed by atoms with E-state index in [9.17, 15) is 14.0 Å². The maximum absolute atomic E-state index is 12.8. The number of halogens is 1. The summed E-state index contributed by atoms with van der Waals surface area (Å²) in [5.74, 6) is -0.919. The van der Waals surface area contributed by atoms with E-state index in [4.69, 9.17) is 9.84 Å². The van der Waals surface area contributed by atoms with E-state index in [0.717, 1.165) is 19.3 Å². The maximum Gasteiger partial charge on any atom is 0.303 e. The first-order chi connectivity index (χ1) is 10.6. The van der Waals surface area contributed by atoms with E-state index in [2.05, 4.69) is 0 Å². The molecule has 5 nitrogen and oxygen atoms in total. The Balaban J connectivity index is 1.88. The van der Waals surface area contributed by atoms with Gasteiger partial charge < -0.3 is 14.7 Å². The lowest BCUT2D eigenvalue weighted by Crippen LogP contribution is -2.46. The number of aliphatic carboxylic acids is 1. The zero-order valence-corrected chi connectivity index (χ0v) is 12.3. The van der Waals surface area contributed by atoms with Gasteiger partial charge in [0.15, 0.2) is 6.61 Å². The third kappa shape index (κ3) is 4.72. The monoisotopic (exact) mass is 309 g/mol. The van der Waals surface area contributed by atoms with Gasteiger partial charge in [-0.25, -0.2) is 4.39 Å². The van der Waals surface area contributed by atoms with Gasteiger partial charge in [0.25, 0.3) is 5.91 Å². The van der Waals surface area contributed by atoms with E-state index in [-0.39, 0.29) is 30.8 Å². The number of carboxylic acid groups (broad SMARTS) is 1. The fourth-order valence-electron chi connectivity index (χ4n) is 2.68. The molecule has 1 heterocycles. The topological polar surface area (TPSA) is 66.8 Å². The summed E-state index contributed by atoms with van der Waals surface area (Å²) in [5.41, 5.74) is 0. The predicted molar refractivity (Wildman–Crippen MR) is 78.1 cm³/mol. The van der Waals surface area contributed by atoms with Gasteiger partial charge in [0.2, 0.25) is 0 Å². The first-order valence-corrected chi connectivity index (χ1v) is 7.46. The van der Waals surface area contributed by atoms with E-state index in [1.165, 1.54) is 24.3 Å². The molecule has 0 bridgehead atoms. The molecule has 0 saturated carbocycles. The Bertz CT molecular complexity index is 517. The lowest BCUT2D eigenvalue weighted by Gasteiger charge is -2.35. The third-order valence-corrected chi connectivity index (χ3v) is 3.81. The van der Waals surface area contributed by atoms with E-state index in [0.29, 0.717) is 18.7 Å². The summed E-state index contributed by atoms with van der Waals surface area (Å²) in [4.78, 5) is 24.7. The second kappa shape index (κ2) is 7.77. The van der Waals surface area contributed by atoms with Gasteiger partial charge in [-0.2, -0.15) is 0 Å². The number of carbonyl (C=O) groups is 2. The molecule has 0 aromatic heterocycles. The summed E-state index contributed by atoms with van der Waals surface area (Å²) in [6.45, 7) is 0.519. The van der Waals surface area contributed by atoms with E-state index >= 15 is 0 Å². The van der Waals surface area contributed by atoms with Crippen LogP contribution in [0.15, 0.2) is 24.3 Å². The molecule has 1 aliphatic heterocycles. The second-order valence-corrected chi connectivity index (χ2v) is 5.41. The largest absolute Gasteiger partial charge is 0.484 e. The van der Waals surface area contributed by atoms with Crippen LogP contribution >= 0.6 is 0 Å². The van der Waals surface area contributed by atoms with Crippen LogP contribution < -0.4 is 4.74 Å². The molecular weight excluding hydrogens is 289 g/mol. The van der Waals surface area contributed by atoms with Gasteiger partial charge in [-0.15, -0.1) is 0 Å². The molecule has 0 aliphatic carbocycles. The van der Waals surface area contributed by atoms with Gasteiger partial charge in [-0.3, -0.25) is 9.59 Å². The van der Waals surface area contributed by atoms with Crippen LogP contribution in [0.25, 0.3) is 0 Å². The maximum atomic E-state index is 12.8. The Kier molecular flexibility index (Phi) is 5.75. The van der Waals surface area contributed by atoms with Crippen molar-refractivity contribution in [2.24, 2.45) is 0 Å². The molecule has 1 saturated heterocycles. The van der Waals surface area contributed by atoms with Gasteiger partial charge >= 0.3 is 5.97 Å². The molecule has 2 rings (SSSR count). The van der Waals surface area contributed by atoms with Crippen LogP contribution in [0.3, 0.4) is 0 Å². The minimum Gasteiger partial charge on any atom is -0.484 e. The molecule has 1 aromatic carbocycles. The summed E-state index contributed by atoms with van der Waals surface area (Å²) < 4.78 is 18.2. The highest BCUT2D eigenvalue weighted by Gasteiger charge is 2.27. The molecule has 1 atom stereocenters. The fraction of sp³-hybridized carbons (Fsp3) is 0.500. The Morgan fingerprint density at radius 2 is 2.00 bits per heavy atom. The zero-order valence-electron chi connectivity index (χ0n) is 12.3. The standard InChI is InChI=1S/C16H20FNO4/c17-12-4-7-14(8-5-12)22-11-15(19)18-10-2-1-3-13(18)6-9-16(20)21/h4-5,7-8,13H,1-3,6,9-11H2,(H,20,21)/t13-/m0/s1. The minimum atomic E-state index is -0.847. The van der Waals surface area contributed by atoms with Gasteiger partial charge in [0.05, 0.1) is 0 Å². The van der Waals surface area contributed by atoms with Crippen molar-refractivity contribution < 1.29 is 23.8 Å². The minimum absolute atomic E-state index is 0.0332. The third-order valence-electron chi connectivity index (χ3n) is 3.81. The quantitative estimate of drug-likeness (QED) is 0.876. The lowest BCUT2D eigenvalue weighted by molar-refractivity contribution is -0.141. The Morgan fingerprint density at radius 3 is 2.68 bits per heavy atom. The van der Waals surface area contributed by atoms with E-state index in [1.807, 2.05) is 0 Å². The number of amides is 1. The Hall–Kier alpha value is -2.11. The van der Waals surface area contributed by atoms with Crippen molar-refractivity contribution >= 4 is 11.9 Å². The zero-order chi connectivity index (χ0) is 15.9. The highest BCUT2D eigenvalue weighted by Crippen LogP contribution is 2.21. The fourth-order valence-corrected chi connectivity index (χ4v) is 2.68. The van der Waals surface area contributed by atoms with Crippen molar-refractivity contribution in [3.63, 3.8) is 0 Å². The number of hydrogen-bond acceptors (Lipinski definition) is 3.